The summed E-state index contributed by atoms with van der Waals surface area (Å²) in [5.41, 5.74) is 0. The normalized spacial score (nSPS) is 10.0. The Labute approximate surface area is 104 Å². The van der Waals surface area contributed by atoms with Crippen molar-refractivity contribution in [2.45, 2.75) is 0 Å². The molecule has 54 valence electrons. The quantitative estimate of drug-likeness (QED) is 0.289. The van der Waals surface area contributed by atoms with Gasteiger partial charge in [0.05, 0.1) is 0 Å². The number of benzene rings is 1. The summed E-state index contributed by atoms with van der Waals surface area (Å²) in [6.07, 6.45) is 0. The SMILES string of the molecule is Brc1cc(I)cc(I)c1Br. The fourth-order valence-electron chi connectivity index (χ4n) is 0.525. The van der Waals surface area contributed by atoms with Gasteiger partial charge in [0.25, 0.3) is 0 Å². The number of hydrogen-bond acceptors (Lipinski definition) is 0. The van der Waals surface area contributed by atoms with E-state index in [1.54, 1.807) is 0 Å². The van der Waals surface area contributed by atoms with E-state index in [9.17, 15) is 0 Å². The molecule has 0 heterocycles. The summed E-state index contributed by atoms with van der Waals surface area (Å²) in [7, 11) is 0. The fraction of sp³-hybridized carbons (Fsp3) is 0. The minimum absolute atomic E-state index is 1.11. The predicted molar refractivity (Wildman–Crippen MR) is 67.3 cm³/mol. The van der Waals surface area contributed by atoms with Crippen molar-refractivity contribution in [2.24, 2.45) is 0 Å². The molecular formula is C6H2Br2I2. The number of halogens is 4. The number of hydrogen-bond donors (Lipinski definition) is 0. The first-order valence-electron chi connectivity index (χ1n) is 2.41. The first-order chi connectivity index (χ1) is 4.61. The Morgan fingerprint density at radius 1 is 1.10 bits per heavy atom. The standard InChI is InChI=1S/C6H2Br2I2/c7-4-1-3(9)2-5(10)6(4)8/h1-2H. The zero-order valence-corrected chi connectivity index (χ0v) is 12.2. The van der Waals surface area contributed by atoms with Crippen molar-refractivity contribution in [3.05, 3.63) is 28.2 Å². The lowest BCUT2D eigenvalue weighted by molar-refractivity contribution is 1.50. The van der Waals surface area contributed by atoms with Gasteiger partial charge in [-0.3, -0.25) is 0 Å². The van der Waals surface area contributed by atoms with Gasteiger partial charge in [-0.2, -0.15) is 0 Å². The van der Waals surface area contributed by atoms with Gasteiger partial charge in [0.1, 0.15) is 0 Å². The zero-order chi connectivity index (χ0) is 7.72. The van der Waals surface area contributed by atoms with Crippen LogP contribution >= 0.6 is 77.0 Å². The van der Waals surface area contributed by atoms with Gasteiger partial charge in [-0.1, -0.05) is 0 Å². The Bertz CT molecular complexity index is 237. The molecule has 0 amide bonds. The van der Waals surface area contributed by atoms with E-state index in [-0.39, 0.29) is 0 Å². The molecule has 0 aliphatic heterocycles. The molecule has 0 unspecified atom stereocenters. The Morgan fingerprint density at radius 2 is 1.70 bits per heavy atom. The van der Waals surface area contributed by atoms with E-state index in [4.69, 9.17) is 0 Å². The van der Waals surface area contributed by atoms with Crippen LogP contribution in [0, 0.1) is 7.14 Å². The summed E-state index contributed by atoms with van der Waals surface area (Å²) >= 11 is 11.5. The molecule has 0 bridgehead atoms. The van der Waals surface area contributed by atoms with Crippen molar-refractivity contribution < 1.29 is 0 Å². The predicted octanol–water partition coefficient (Wildman–Crippen LogP) is 4.42. The Kier molecular flexibility index (Phi) is 3.93. The lowest BCUT2D eigenvalue weighted by Gasteiger charge is -1.99. The zero-order valence-electron chi connectivity index (χ0n) is 4.67. The third-order valence-electron chi connectivity index (χ3n) is 0.949. The van der Waals surface area contributed by atoms with Gasteiger partial charge in [-0.25, -0.2) is 0 Å². The molecule has 0 nitrogen and oxygen atoms in total. The molecule has 1 aromatic rings. The van der Waals surface area contributed by atoms with E-state index in [2.05, 4.69) is 89.2 Å². The van der Waals surface area contributed by atoms with Crippen LogP contribution in [0.1, 0.15) is 0 Å². The molecule has 0 saturated carbocycles. The average Bonchev–Trinajstić information content (AvgIpc) is 1.82. The summed E-state index contributed by atoms with van der Waals surface area (Å²) in [5, 5.41) is 0. The van der Waals surface area contributed by atoms with E-state index >= 15 is 0 Å². The van der Waals surface area contributed by atoms with Crippen molar-refractivity contribution >= 4 is 77.0 Å². The molecule has 1 aromatic carbocycles. The van der Waals surface area contributed by atoms with Crippen molar-refractivity contribution in [3.63, 3.8) is 0 Å². The second-order valence-electron chi connectivity index (χ2n) is 1.68. The lowest BCUT2D eigenvalue weighted by atomic mass is 10.4. The highest BCUT2D eigenvalue weighted by atomic mass is 127. The van der Waals surface area contributed by atoms with Crippen molar-refractivity contribution in [3.8, 4) is 0 Å². The molecule has 10 heavy (non-hydrogen) atoms. The summed E-state index contributed by atoms with van der Waals surface area (Å²) in [5.74, 6) is 0. The maximum atomic E-state index is 3.46. The van der Waals surface area contributed by atoms with Crippen molar-refractivity contribution in [1.82, 2.24) is 0 Å². The minimum Gasteiger partial charge on any atom is -0.0495 e. The van der Waals surface area contributed by atoms with Gasteiger partial charge in [0, 0.05) is 16.1 Å². The molecule has 4 heteroatoms. The molecule has 0 radical (unpaired) electrons. The summed E-state index contributed by atoms with van der Waals surface area (Å²) < 4.78 is 4.73. The Morgan fingerprint density at radius 3 is 2.20 bits per heavy atom. The molecule has 0 aliphatic rings. The van der Waals surface area contributed by atoms with E-state index < -0.39 is 0 Å². The van der Waals surface area contributed by atoms with E-state index in [0.717, 1.165) is 8.95 Å². The molecule has 0 saturated heterocycles. The van der Waals surface area contributed by atoms with E-state index in [1.165, 1.54) is 7.14 Å². The van der Waals surface area contributed by atoms with Gasteiger partial charge in [-0.05, 0) is 89.2 Å². The highest BCUT2D eigenvalue weighted by Crippen LogP contribution is 2.29. The van der Waals surface area contributed by atoms with Crippen LogP contribution in [0.2, 0.25) is 0 Å². The lowest BCUT2D eigenvalue weighted by Crippen LogP contribution is -1.78. The van der Waals surface area contributed by atoms with Crippen LogP contribution < -0.4 is 0 Å². The molecule has 0 aliphatic carbocycles. The highest BCUT2D eigenvalue weighted by Gasteiger charge is 2.01. The first-order valence-corrected chi connectivity index (χ1v) is 6.15. The maximum absolute atomic E-state index is 3.46. The van der Waals surface area contributed by atoms with Gasteiger partial charge < -0.3 is 0 Å². The molecule has 0 aromatic heterocycles. The number of rotatable bonds is 0. The Hall–Kier alpha value is 1.64. The van der Waals surface area contributed by atoms with Gasteiger partial charge in [0.15, 0.2) is 0 Å². The molecule has 0 spiro atoms. The largest absolute Gasteiger partial charge is 0.0495 e. The average molecular weight is 488 g/mol. The monoisotopic (exact) mass is 486 g/mol. The molecule has 1 rings (SSSR count). The second kappa shape index (κ2) is 4.04. The Balaban J connectivity index is 3.31. The third kappa shape index (κ3) is 2.31. The minimum atomic E-state index is 1.11. The second-order valence-corrected chi connectivity index (χ2v) is 5.74. The summed E-state index contributed by atoms with van der Waals surface area (Å²) in [4.78, 5) is 0. The van der Waals surface area contributed by atoms with Crippen LogP contribution in [-0.2, 0) is 0 Å². The van der Waals surface area contributed by atoms with Crippen LogP contribution in [-0.4, -0.2) is 0 Å². The fourth-order valence-corrected chi connectivity index (χ4v) is 3.86. The molecule has 0 atom stereocenters. The summed E-state index contributed by atoms with van der Waals surface area (Å²) in [6.45, 7) is 0. The van der Waals surface area contributed by atoms with E-state index in [1.807, 2.05) is 0 Å². The third-order valence-corrected chi connectivity index (χ3v) is 5.18. The van der Waals surface area contributed by atoms with E-state index in [0.29, 0.717) is 0 Å². The van der Waals surface area contributed by atoms with Gasteiger partial charge >= 0.3 is 0 Å². The summed E-state index contributed by atoms with van der Waals surface area (Å²) in [6, 6.07) is 4.20. The first kappa shape index (κ1) is 9.73. The van der Waals surface area contributed by atoms with Crippen molar-refractivity contribution in [1.29, 1.82) is 0 Å². The smallest absolute Gasteiger partial charge is 0.0451 e. The maximum Gasteiger partial charge on any atom is 0.0451 e. The topological polar surface area (TPSA) is 0 Å². The molecule has 0 N–H and O–H groups in total. The van der Waals surface area contributed by atoms with Crippen LogP contribution in [0.15, 0.2) is 21.1 Å². The van der Waals surface area contributed by atoms with Crippen LogP contribution in [0.3, 0.4) is 0 Å². The van der Waals surface area contributed by atoms with Crippen LogP contribution in [0.5, 0.6) is 0 Å². The van der Waals surface area contributed by atoms with Crippen LogP contribution in [0.4, 0.5) is 0 Å². The molecular weight excluding hydrogens is 486 g/mol. The van der Waals surface area contributed by atoms with Gasteiger partial charge in [0.2, 0.25) is 0 Å². The highest BCUT2D eigenvalue weighted by molar-refractivity contribution is 14.1. The van der Waals surface area contributed by atoms with Crippen LogP contribution in [0.25, 0.3) is 0 Å². The van der Waals surface area contributed by atoms with Gasteiger partial charge in [-0.15, -0.1) is 0 Å². The van der Waals surface area contributed by atoms with Crippen molar-refractivity contribution in [2.75, 3.05) is 0 Å². The molecule has 0 fully saturated rings.